The minimum Gasteiger partial charge on any atom is -0.494 e. The molecule has 7 nitrogen and oxygen atoms in total. The number of amides is 1. The minimum absolute atomic E-state index is 0.0165. The summed E-state index contributed by atoms with van der Waals surface area (Å²) in [6, 6.07) is 14.3. The molecule has 3 aromatic rings. The van der Waals surface area contributed by atoms with Crippen molar-refractivity contribution in [3.8, 4) is 5.75 Å². The van der Waals surface area contributed by atoms with Gasteiger partial charge in [-0.1, -0.05) is 23.5 Å². The summed E-state index contributed by atoms with van der Waals surface area (Å²) in [5.41, 5.74) is 0.874. The van der Waals surface area contributed by atoms with E-state index in [0.29, 0.717) is 43.4 Å². The van der Waals surface area contributed by atoms with Gasteiger partial charge in [-0.2, -0.15) is 4.31 Å². The van der Waals surface area contributed by atoms with Crippen LogP contribution in [0.3, 0.4) is 0 Å². The van der Waals surface area contributed by atoms with Crippen LogP contribution in [0.5, 0.6) is 5.75 Å². The molecule has 0 spiro atoms. The van der Waals surface area contributed by atoms with Crippen LogP contribution in [0, 0.1) is 5.92 Å². The van der Waals surface area contributed by atoms with Crippen LogP contribution in [-0.4, -0.2) is 50.4 Å². The molecule has 0 unspecified atom stereocenters. The number of aromatic nitrogens is 1. The summed E-state index contributed by atoms with van der Waals surface area (Å²) in [5.74, 6) is 0.407. The van der Waals surface area contributed by atoms with E-state index in [1.54, 1.807) is 36.2 Å². The summed E-state index contributed by atoms with van der Waals surface area (Å²) >= 11 is 1.48. The highest BCUT2D eigenvalue weighted by Gasteiger charge is 2.34. The van der Waals surface area contributed by atoms with E-state index in [2.05, 4.69) is 4.98 Å². The maximum atomic E-state index is 13.0. The summed E-state index contributed by atoms with van der Waals surface area (Å²) in [6.45, 7) is 3.04. The number of thiazole rings is 1. The molecule has 31 heavy (non-hydrogen) atoms. The van der Waals surface area contributed by atoms with E-state index in [9.17, 15) is 13.2 Å². The maximum Gasteiger partial charge on any atom is 0.243 e. The molecule has 0 saturated carbocycles. The molecule has 0 N–H and O–H groups in total. The number of anilines is 1. The van der Waals surface area contributed by atoms with Gasteiger partial charge in [0, 0.05) is 26.1 Å². The Morgan fingerprint density at radius 2 is 1.84 bits per heavy atom. The molecule has 2 heterocycles. The Hall–Kier alpha value is -2.49. The summed E-state index contributed by atoms with van der Waals surface area (Å²) in [7, 11) is -1.85. The quantitative estimate of drug-likeness (QED) is 0.561. The van der Waals surface area contributed by atoms with Crippen LogP contribution in [-0.2, 0) is 14.8 Å². The third-order valence-electron chi connectivity index (χ3n) is 5.48. The number of hydrogen-bond acceptors (Lipinski definition) is 6. The lowest BCUT2D eigenvalue weighted by molar-refractivity contribution is -0.123. The number of hydrogen-bond donors (Lipinski definition) is 0. The van der Waals surface area contributed by atoms with Gasteiger partial charge in [-0.05, 0) is 56.2 Å². The molecule has 4 rings (SSSR count). The molecule has 1 aliphatic heterocycles. The van der Waals surface area contributed by atoms with Crippen molar-refractivity contribution in [1.29, 1.82) is 0 Å². The van der Waals surface area contributed by atoms with Gasteiger partial charge in [0.1, 0.15) is 5.75 Å². The van der Waals surface area contributed by atoms with Crippen LogP contribution >= 0.6 is 11.3 Å². The van der Waals surface area contributed by atoms with Gasteiger partial charge in [0.2, 0.25) is 15.9 Å². The predicted octanol–water partition coefficient (Wildman–Crippen LogP) is 3.76. The number of para-hydroxylation sites is 1. The fourth-order valence-corrected chi connectivity index (χ4v) is 6.14. The Kier molecular flexibility index (Phi) is 6.27. The largest absolute Gasteiger partial charge is 0.494 e. The second kappa shape index (κ2) is 8.94. The fourth-order valence-electron chi connectivity index (χ4n) is 3.74. The lowest BCUT2D eigenvalue weighted by atomic mass is 9.97. The summed E-state index contributed by atoms with van der Waals surface area (Å²) in [5, 5.41) is 0.663. The van der Waals surface area contributed by atoms with Crippen molar-refractivity contribution < 1.29 is 17.9 Å². The van der Waals surface area contributed by atoms with E-state index in [4.69, 9.17) is 4.74 Å². The van der Waals surface area contributed by atoms with Crippen molar-refractivity contribution in [3.05, 3.63) is 48.5 Å². The third kappa shape index (κ3) is 4.44. The van der Waals surface area contributed by atoms with Crippen molar-refractivity contribution in [2.45, 2.75) is 24.7 Å². The Labute approximate surface area is 186 Å². The topological polar surface area (TPSA) is 79.8 Å². The zero-order valence-electron chi connectivity index (χ0n) is 17.5. The monoisotopic (exact) mass is 459 g/mol. The van der Waals surface area contributed by atoms with Gasteiger partial charge < -0.3 is 4.74 Å². The van der Waals surface area contributed by atoms with E-state index >= 15 is 0 Å². The number of carbonyl (C=O) groups excluding carboxylic acids is 1. The lowest BCUT2D eigenvalue weighted by Gasteiger charge is -2.32. The van der Waals surface area contributed by atoms with E-state index in [1.165, 1.54) is 15.6 Å². The average Bonchev–Trinajstić information content (AvgIpc) is 3.23. The van der Waals surface area contributed by atoms with Crippen molar-refractivity contribution in [2.24, 2.45) is 5.92 Å². The number of carbonyl (C=O) groups is 1. The van der Waals surface area contributed by atoms with Crippen LogP contribution in [0.2, 0.25) is 0 Å². The minimum atomic E-state index is -3.59. The number of nitrogens with zero attached hydrogens (tertiary/aromatic N) is 3. The van der Waals surface area contributed by atoms with E-state index in [0.717, 1.165) is 10.2 Å². The van der Waals surface area contributed by atoms with Gasteiger partial charge in [0.25, 0.3) is 0 Å². The first-order valence-corrected chi connectivity index (χ1v) is 12.5. The van der Waals surface area contributed by atoms with Gasteiger partial charge in [-0.25, -0.2) is 13.4 Å². The molecule has 1 aliphatic rings. The molecule has 1 saturated heterocycles. The molecule has 0 atom stereocenters. The standard InChI is InChI=1S/C22H25N3O4S2/c1-3-29-17-8-10-18(11-9-17)31(27,28)25-14-12-16(13-15-25)21(26)24(2)22-23-19-6-4-5-7-20(19)30-22/h4-11,16H,3,12-15H2,1-2H3. The molecule has 0 bridgehead atoms. The molecule has 0 aliphatic carbocycles. The van der Waals surface area contributed by atoms with Gasteiger partial charge in [0.15, 0.2) is 5.13 Å². The predicted molar refractivity (Wildman–Crippen MR) is 122 cm³/mol. The summed E-state index contributed by atoms with van der Waals surface area (Å²) < 4.78 is 33.8. The van der Waals surface area contributed by atoms with Gasteiger partial charge in [0.05, 0.1) is 21.7 Å². The highest BCUT2D eigenvalue weighted by molar-refractivity contribution is 7.89. The highest BCUT2D eigenvalue weighted by atomic mass is 32.2. The van der Waals surface area contributed by atoms with Gasteiger partial charge in [-0.15, -0.1) is 0 Å². The number of fused-ring (bicyclic) bond motifs is 1. The second-order valence-corrected chi connectivity index (χ2v) is 10.4. The molecular formula is C22H25N3O4S2. The van der Waals surface area contributed by atoms with Crippen molar-refractivity contribution >= 4 is 42.6 Å². The maximum absolute atomic E-state index is 13.0. The lowest BCUT2D eigenvalue weighted by Crippen LogP contribution is -2.43. The highest BCUT2D eigenvalue weighted by Crippen LogP contribution is 2.31. The molecule has 9 heteroatoms. The van der Waals surface area contributed by atoms with Crippen LogP contribution in [0.25, 0.3) is 10.2 Å². The normalized spacial score (nSPS) is 15.8. The molecular weight excluding hydrogens is 434 g/mol. The molecule has 164 valence electrons. The van der Waals surface area contributed by atoms with Crippen molar-refractivity contribution in [3.63, 3.8) is 0 Å². The number of piperidine rings is 1. The third-order valence-corrected chi connectivity index (χ3v) is 8.50. The van der Waals surface area contributed by atoms with Crippen LogP contribution in [0.15, 0.2) is 53.4 Å². The van der Waals surface area contributed by atoms with Crippen LogP contribution < -0.4 is 9.64 Å². The smallest absolute Gasteiger partial charge is 0.243 e. The SMILES string of the molecule is CCOc1ccc(S(=O)(=O)N2CCC(C(=O)N(C)c3nc4ccccc4s3)CC2)cc1. The second-order valence-electron chi connectivity index (χ2n) is 7.44. The van der Waals surface area contributed by atoms with E-state index < -0.39 is 10.0 Å². The Morgan fingerprint density at radius 3 is 2.48 bits per heavy atom. The first-order valence-electron chi connectivity index (χ1n) is 10.3. The fraction of sp³-hybridized carbons (Fsp3) is 0.364. The molecule has 1 amide bonds. The zero-order valence-corrected chi connectivity index (χ0v) is 19.2. The van der Waals surface area contributed by atoms with Gasteiger partial charge in [-0.3, -0.25) is 9.69 Å². The van der Waals surface area contributed by atoms with Crippen molar-refractivity contribution in [1.82, 2.24) is 9.29 Å². The zero-order chi connectivity index (χ0) is 22.0. The first kappa shape index (κ1) is 21.7. The van der Waals surface area contributed by atoms with Crippen LogP contribution in [0.1, 0.15) is 19.8 Å². The van der Waals surface area contributed by atoms with Crippen LogP contribution in [0.4, 0.5) is 5.13 Å². The summed E-state index contributed by atoms with van der Waals surface area (Å²) in [6.07, 6.45) is 0.981. The molecule has 0 radical (unpaired) electrons. The summed E-state index contributed by atoms with van der Waals surface area (Å²) in [4.78, 5) is 19.4. The Morgan fingerprint density at radius 1 is 1.16 bits per heavy atom. The molecule has 2 aromatic carbocycles. The first-order chi connectivity index (χ1) is 14.9. The van der Waals surface area contributed by atoms with Gasteiger partial charge >= 0.3 is 0 Å². The number of benzene rings is 2. The number of ether oxygens (including phenoxy) is 1. The molecule has 1 fully saturated rings. The molecule has 1 aromatic heterocycles. The average molecular weight is 460 g/mol. The Balaban J connectivity index is 1.40. The number of sulfonamides is 1. The van der Waals surface area contributed by atoms with Crippen molar-refractivity contribution in [2.75, 3.05) is 31.6 Å². The Bertz CT molecular complexity index is 1130. The number of rotatable bonds is 6. The van der Waals surface area contributed by atoms with E-state index in [-0.39, 0.29) is 16.7 Å². The van der Waals surface area contributed by atoms with E-state index in [1.807, 2.05) is 31.2 Å².